The van der Waals surface area contributed by atoms with E-state index in [1.807, 2.05) is 0 Å². The average Bonchev–Trinajstić information content (AvgIpc) is 3.13. The second-order valence-electron chi connectivity index (χ2n) is 5.00. The Bertz CT molecular complexity index is 734. The molecule has 1 aliphatic rings. The predicted molar refractivity (Wildman–Crippen MR) is 74.5 cm³/mol. The van der Waals surface area contributed by atoms with E-state index in [9.17, 15) is 13.2 Å². The zero-order valence-corrected chi connectivity index (χ0v) is 12.0. The molecule has 2 heterocycles. The highest BCUT2D eigenvalue weighted by molar-refractivity contribution is 6.33. The summed E-state index contributed by atoms with van der Waals surface area (Å²) in [6.07, 6.45) is -1.53. The number of fused-ring (bicyclic) bond motifs is 1. The van der Waals surface area contributed by atoms with Gasteiger partial charge in [0.15, 0.2) is 17.4 Å². The van der Waals surface area contributed by atoms with Crippen LogP contribution in [-0.2, 0) is 12.7 Å². The van der Waals surface area contributed by atoms with Crippen molar-refractivity contribution >= 4 is 23.2 Å². The average molecular weight is 333 g/mol. The Morgan fingerprint density at radius 3 is 2.82 bits per heavy atom. The van der Waals surface area contributed by atoms with E-state index in [0.29, 0.717) is 6.04 Å². The third-order valence-electron chi connectivity index (χ3n) is 3.18. The minimum Gasteiger partial charge on any atom is -0.370 e. The van der Waals surface area contributed by atoms with Gasteiger partial charge in [0.2, 0.25) is 0 Å². The molecule has 1 saturated carbocycles. The van der Waals surface area contributed by atoms with Gasteiger partial charge in [-0.3, -0.25) is 4.40 Å². The largest absolute Gasteiger partial charge is 0.417 e. The number of nitrogens with two attached hydrogens (primary N) is 1. The van der Waals surface area contributed by atoms with E-state index in [2.05, 4.69) is 20.5 Å². The number of nitrogens with one attached hydrogen (secondary N) is 1. The van der Waals surface area contributed by atoms with E-state index in [1.54, 1.807) is 0 Å². The standard InChI is InChI=1S/C12H12ClF3N6/c13-8-3-6(12(14,15)16)5-22-9(20-21-10(8)22)4-18-11(17)19-7-1-2-7/h3,5,7H,1-2,4H2,(H3,17,18,19). The van der Waals surface area contributed by atoms with Gasteiger partial charge in [-0.05, 0) is 18.9 Å². The number of hydrogen-bond acceptors (Lipinski definition) is 3. The number of halogens is 4. The van der Waals surface area contributed by atoms with Gasteiger partial charge < -0.3 is 11.1 Å². The normalized spacial score (nSPS) is 16.3. The van der Waals surface area contributed by atoms with Crippen molar-refractivity contribution in [2.45, 2.75) is 31.6 Å². The summed E-state index contributed by atoms with van der Waals surface area (Å²) in [6.45, 7) is 0.00432. The lowest BCUT2D eigenvalue weighted by Crippen LogP contribution is -2.33. The molecule has 0 spiro atoms. The van der Waals surface area contributed by atoms with Crippen molar-refractivity contribution in [3.63, 3.8) is 0 Å². The van der Waals surface area contributed by atoms with Crippen LogP contribution in [0.4, 0.5) is 13.2 Å². The van der Waals surface area contributed by atoms with E-state index in [1.165, 1.54) is 4.40 Å². The summed E-state index contributed by atoms with van der Waals surface area (Å²) in [5.41, 5.74) is 4.95. The number of hydrogen-bond donors (Lipinski definition) is 2. The smallest absolute Gasteiger partial charge is 0.370 e. The quantitative estimate of drug-likeness (QED) is 0.665. The lowest BCUT2D eigenvalue weighted by atomic mass is 10.3. The lowest BCUT2D eigenvalue weighted by molar-refractivity contribution is -0.137. The predicted octanol–water partition coefficient (Wildman–Crippen LogP) is 1.97. The van der Waals surface area contributed by atoms with Crippen LogP contribution in [0.3, 0.4) is 0 Å². The molecule has 10 heteroatoms. The van der Waals surface area contributed by atoms with Crippen molar-refractivity contribution in [1.29, 1.82) is 0 Å². The third-order valence-corrected chi connectivity index (χ3v) is 3.46. The molecule has 0 amide bonds. The molecule has 1 fully saturated rings. The molecule has 6 nitrogen and oxygen atoms in total. The first-order chi connectivity index (χ1) is 10.3. The number of nitrogens with zero attached hydrogens (tertiary/aromatic N) is 4. The Kier molecular flexibility index (Phi) is 3.59. The number of aliphatic imine (C=N–C) groups is 1. The molecule has 0 aromatic carbocycles. The lowest BCUT2D eigenvalue weighted by Gasteiger charge is -2.08. The maximum atomic E-state index is 12.8. The molecule has 0 saturated heterocycles. The Morgan fingerprint density at radius 2 is 2.18 bits per heavy atom. The second kappa shape index (κ2) is 5.31. The molecular formula is C12H12ClF3N6. The van der Waals surface area contributed by atoms with Gasteiger partial charge in [-0.25, -0.2) is 4.99 Å². The highest BCUT2D eigenvalue weighted by Crippen LogP contribution is 2.32. The molecule has 2 aromatic heterocycles. The fraction of sp³-hybridized carbons (Fsp3) is 0.417. The van der Waals surface area contributed by atoms with Crippen LogP contribution in [0.25, 0.3) is 5.65 Å². The van der Waals surface area contributed by atoms with Gasteiger partial charge in [0, 0.05) is 12.2 Å². The first-order valence-electron chi connectivity index (χ1n) is 6.51. The number of pyridine rings is 1. The van der Waals surface area contributed by atoms with Crippen molar-refractivity contribution in [2.75, 3.05) is 0 Å². The summed E-state index contributed by atoms with van der Waals surface area (Å²) in [5, 5.41) is 10.4. The van der Waals surface area contributed by atoms with Crippen LogP contribution in [0, 0.1) is 0 Å². The second-order valence-corrected chi connectivity index (χ2v) is 5.41. The van der Waals surface area contributed by atoms with Crippen LogP contribution >= 0.6 is 11.6 Å². The number of guanidine groups is 1. The van der Waals surface area contributed by atoms with Gasteiger partial charge in [0.25, 0.3) is 0 Å². The molecule has 0 atom stereocenters. The summed E-state index contributed by atoms with van der Waals surface area (Å²) >= 11 is 5.83. The van der Waals surface area contributed by atoms with Crippen LogP contribution in [-0.4, -0.2) is 26.6 Å². The molecular weight excluding hydrogens is 321 g/mol. The summed E-state index contributed by atoms with van der Waals surface area (Å²) < 4.78 is 39.7. The third kappa shape index (κ3) is 3.08. The van der Waals surface area contributed by atoms with E-state index < -0.39 is 11.7 Å². The number of alkyl halides is 3. The van der Waals surface area contributed by atoms with Crippen LogP contribution < -0.4 is 11.1 Å². The van der Waals surface area contributed by atoms with Gasteiger partial charge >= 0.3 is 6.18 Å². The Labute approximate surface area is 128 Å². The van der Waals surface area contributed by atoms with Gasteiger partial charge in [-0.2, -0.15) is 13.2 Å². The topological polar surface area (TPSA) is 80.6 Å². The minimum atomic E-state index is -4.50. The first kappa shape index (κ1) is 14.9. The highest BCUT2D eigenvalue weighted by atomic mass is 35.5. The summed E-state index contributed by atoms with van der Waals surface area (Å²) in [7, 11) is 0. The summed E-state index contributed by atoms with van der Waals surface area (Å²) in [6, 6.07) is 1.16. The zero-order chi connectivity index (χ0) is 15.9. The van der Waals surface area contributed by atoms with Gasteiger partial charge in [0.1, 0.15) is 6.54 Å². The van der Waals surface area contributed by atoms with Crippen LogP contribution in [0.1, 0.15) is 24.2 Å². The van der Waals surface area contributed by atoms with E-state index >= 15 is 0 Å². The maximum Gasteiger partial charge on any atom is 0.417 e. The van der Waals surface area contributed by atoms with Crippen LogP contribution in [0.15, 0.2) is 17.3 Å². The van der Waals surface area contributed by atoms with Gasteiger partial charge in [-0.15, -0.1) is 10.2 Å². The van der Waals surface area contributed by atoms with E-state index in [0.717, 1.165) is 25.1 Å². The van der Waals surface area contributed by atoms with Crippen molar-refractivity contribution < 1.29 is 13.2 Å². The zero-order valence-electron chi connectivity index (χ0n) is 11.2. The molecule has 2 aromatic rings. The summed E-state index contributed by atoms with van der Waals surface area (Å²) in [4.78, 5) is 4.05. The van der Waals surface area contributed by atoms with Crippen molar-refractivity contribution in [2.24, 2.45) is 10.7 Å². The number of aromatic nitrogens is 3. The van der Waals surface area contributed by atoms with Gasteiger partial charge in [-0.1, -0.05) is 11.6 Å². The van der Waals surface area contributed by atoms with Crippen molar-refractivity contribution in [3.05, 3.63) is 28.7 Å². The molecule has 0 radical (unpaired) electrons. The fourth-order valence-corrected chi connectivity index (χ4v) is 2.15. The minimum absolute atomic E-state index is 0.00432. The van der Waals surface area contributed by atoms with E-state index in [4.69, 9.17) is 17.3 Å². The first-order valence-corrected chi connectivity index (χ1v) is 6.89. The Hall–Kier alpha value is -2.03. The molecule has 0 bridgehead atoms. The molecule has 118 valence electrons. The molecule has 1 aliphatic carbocycles. The molecule has 0 aliphatic heterocycles. The highest BCUT2D eigenvalue weighted by Gasteiger charge is 2.32. The molecule has 3 rings (SSSR count). The van der Waals surface area contributed by atoms with E-state index in [-0.39, 0.29) is 29.0 Å². The molecule has 0 unspecified atom stereocenters. The van der Waals surface area contributed by atoms with Crippen LogP contribution in [0.5, 0.6) is 0 Å². The van der Waals surface area contributed by atoms with Gasteiger partial charge in [0.05, 0.1) is 10.6 Å². The Balaban J connectivity index is 1.91. The van der Waals surface area contributed by atoms with Crippen molar-refractivity contribution in [3.8, 4) is 0 Å². The Morgan fingerprint density at radius 1 is 1.45 bits per heavy atom. The SMILES string of the molecule is NC(=NCc1nnc2c(Cl)cc(C(F)(F)F)cn12)NC1CC1. The van der Waals surface area contributed by atoms with Crippen LogP contribution in [0.2, 0.25) is 5.02 Å². The number of rotatable bonds is 3. The maximum absolute atomic E-state index is 12.8. The van der Waals surface area contributed by atoms with Crippen molar-refractivity contribution in [1.82, 2.24) is 19.9 Å². The molecule has 22 heavy (non-hydrogen) atoms. The monoisotopic (exact) mass is 332 g/mol. The molecule has 3 N–H and O–H groups in total. The fourth-order valence-electron chi connectivity index (χ4n) is 1.90. The summed E-state index contributed by atoms with van der Waals surface area (Å²) in [5.74, 6) is 0.459.